The molecule has 0 unspecified atom stereocenters. The van der Waals surface area contributed by atoms with Crippen molar-refractivity contribution in [2.75, 3.05) is 6.54 Å². The minimum atomic E-state index is -0.0458. The van der Waals surface area contributed by atoms with Gasteiger partial charge in [0.05, 0.1) is 10.7 Å². The molecule has 5 nitrogen and oxygen atoms in total. The summed E-state index contributed by atoms with van der Waals surface area (Å²) >= 11 is 3.38. The average molecular weight is 389 g/mol. The zero-order valence-electron chi connectivity index (χ0n) is 13.5. The lowest BCUT2D eigenvalue weighted by Gasteiger charge is -2.56. The van der Waals surface area contributed by atoms with E-state index in [2.05, 4.69) is 31.3 Å². The molecule has 1 amide bonds. The van der Waals surface area contributed by atoms with Crippen LogP contribution in [0.15, 0.2) is 23.1 Å². The van der Waals surface area contributed by atoms with Crippen LogP contribution in [0.1, 0.15) is 48.9 Å². The monoisotopic (exact) mass is 388 g/mol. The molecular formula is C18H21BrN4O. The van der Waals surface area contributed by atoms with Crippen LogP contribution in [0.5, 0.6) is 0 Å². The van der Waals surface area contributed by atoms with Gasteiger partial charge in [-0.05, 0) is 77.6 Å². The highest BCUT2D eigenvalue weighted by Gasteiger charge is 2.50. The van der Waals surface area contributed by atoms with Gasteiger partial charge in [0.1, 0.15) is 5.56 Å². The fraction of sp³-hybridized carbons (Fsp3) is 0.611. The van der Waals surface area contributed by atoms with E-state index in [1.165, 1.54) is 38.5 Å². The second-order valence-electron chi connectivity index (χ2n) is 8.20. The SMILES string of the molecule is O=C(NCC12CC3CC(CC(C3)C1)C2)c1cnn2cc(Br)cnc12. The predicted octanol–water partition coefficient (Wildman–Crippen LogP) is 3.44. The molecule has 2 aromatic heterocycles. The summed E-state index contributed by atoms with van der Waals surface area (Å²) in [6.45, 7) is 0.809. The second kappa shape index (κ2) is 5.28. The summed E-state index contributed by atoms with van der Waals surface area (Å²) < 4.78 is 2.49. The summed E-state index contributed by atoms with van der Waals surface area (Å²) in [5.41, 5.74) is 1.53. The molecule has 4 bridgehead atoms. The van der Waals surface area contributed by atoms with E-state index in [-0.39, 0.29) is 5.91 Å². The van der Waals surface area contributed by atoms with Crippen LogP contribution < -0.4 is 5.32 Å². The van der Waals surface area contributed by atoms with Crippen molar-refractivity contribution in [2.24, 2.45) is 23.2 Å². The lowest BCUT2D eigenvalue weighted by Crippen LogP contribution is -2.51. The van der Waals surface area contributed by atoms with Gasteiger partial charge in [0.25, 0.3) is 5.91 Å². The molecule has 0 radical (unpaired) electrons. The summed E-state index contributed by atoms with van der Waals surface area (Å²) in [6.07, 6.45) is 13.3. The Labute approximate surface area is 149 Å². The molecule has 1 N–H and O–H groups in total. The quantitative estimate of drug-likeness (QED) is 0.875. The van der Waals surface area contributed by atoms with Crippen LogP contribution in [-0.4, -0.2) is 27.0 Å². The number of hydrogen-bond donors (Lipinski definition) is 1. The van der Waals surface area contributed by atoms with E-state index in [1.807, 2.05) is 6.20 Å². The summed E-state index contributed by atoms with van der Waals surface area (Å²) in [6, 6.07) is 0. The van der Waals surface area contributed by atoms with Crippen LogP contribution in [0, 0.1) is 23.2 Å². The zero-order valence-corrected chi connectivity index (χ0v) is 15.1. The molecule has 4 aliphatic carbocycles. The van der Waals surface area contributed by atoms with Gasteiger partial charge < -0.3 is 5.32 Å². The van der Waals surface area contributed by atoms with Crippen LogP contribution in [0.2, 0.25) is 0 Å². The second-order valence-corrected chi connectivity index (χ2v) is 9.11. The molecule has 4 aliphatic rings. The maximum atomic E-state index is 12.7. The Morgan fingerprint density at radius 1 is 1.21 bits per heavy atom. The van der Waals surface area contributed by atoms with Crippen molar-refractivity contribution in [1.29, 1.82) is 0 Å². The molecule has 6 heteroatoms. The molecule has 0 aromatic carbocycles. The summed E-state index contributed by atoms with van der Waals surface area (Å²) in [4.78, 5) is 17.0. The zero-order chi connectivity index (χ0) is 16.3. The van der Waals surface area contributed by atoms with Crippen LogP contribution in [0.4, 0.5) is 0 Å². The number of halogens is 1. The van der Waals surface area contributed by atoms with E-state index in [0.29, 0.717) is 16.6 Å². The van der Waals surface area contributed by atoms with Gasteiger partial charge in [0.15, 0.2) is 5.65 Å². The molecule has 2 heterocycles. The van der Waals surface area contributed by atoms with Crippen molar-refractivity contribution >= 4 is 27.5 Å². The minimum absolute atomic E-state index is 0.0458. The Morgan fingerprint density at radius 2 is 1.88 bits per heavy atom. The van der Waals surface area contributed by atoms with E-state index >= 15 is 0 Å². The molecule has 0 aliphatic heterocycles. The van der Waals surface area contributed by atoms with Gasteiger partial charge >= 0.3 is 0 Å². The highest BCUT2D eigenvalue weighted by molar-refractivity contribution is 9.10. The van der Waals surface area contributed by atoms with E-state index in [4.69, 9.17) is 0 Å². The fourth-order valence-electron chi connectivity index (χ4n) is 5.88. The van der Waals surface area contributed by atoms with Gasteiger partial charge in [0, 0.05) is 18.9 Å². The number of nitrogens with one attached hydrogen (secondary N) is 1. The van der Waals surface area contributed by atoms with E-state index in [9.17, 15) is 4.79 Å². The highest BCUT2D eigenvalue weighted by Crippen LogP contribution is 2.59. The van der Waals surface area contributed by atoms with Crippen LogP contribution in [-0.2, 0) is 0 Å². The van der Waals surface area contributed by atoms with Crippen LogP contribution in [0.25, 0.3) is 5.65 Å². The number of carbonyl (C=O) groups excluding carboxylic acids is 1. The molecule has 4 saturated carbocycles. The summed E-state index contributed by atoms with van der Waals surface area (Å²) in [5, 5.41) is 7.44. The first-order valence-corrected chi connectivity index (χ1v) is 9.67. The Hall–Kier alpha value is -1.43. The molecular weight excluding hydrogens is 368 g/mol. The van der Waals surface area contributed by atoms with Crippen molar-refractivity contribution in [3.05, 3.63) is 28.6 Å². The van der Waals surface area contributed by atoms with Gasteiger partial charge in [-0.3, -0.25) is 4.79 Å². The minimum Gasteiger partial charge on any atom is -0.351 e. The van der Waals surface area contributed by atoms with Crippen LogP contribution in [0.3, 0.4) is 0 Å². The first kappa shape index (κ1) is 14.9. The Morgan fingerprint density at radius 3 is 2.54 bits per heavy atom. The third-order valence-corrected chi connectivity index (χ3v) is 6.77. The smallest absolute Gasteiger partial charge is 0.256 e. The number of amides is 1. The fourth-order valence-corrected chi connectivity index (χ4v) is 6.18. The van der Waals surface area contributed by atoms with Gasteiger partial charge in [-0.2, -0.15) is 5.10 Å². The lowest BCUT2D eigenvalue weighted by atomic mass is 9.49. The van der Waals surface area contributed by atoms with E-state index in [0.717, 1.165) is 28.8 Å². The van der Waals surface area contributed by atoms with Gasteiger partial charge in [-0.25, -0.2) is 9.50 Å². The molecule has 2 aromatic rings. The van der Waals surface area contributed by atoms with E-state index < -0.39 is 0 Å². The van der Waals surface area contributed by atoms with Crippen molar-refractivity contribution < 1.29 is 4.79 Å². The normalized spacial score (nSPS) is 34.0. The molecule has 4 fully saturated rings. The van der Waals surface area contributed by atoms with Gasteiger partial charge in [0.2, 0.25) is 0 Å². The van der Waals surface area contributed by atoms with Crippen molar-refractivity contribution in [3.63, 3.8) is 0 Å². The molecule has 0 spiro atoms. The third kappa shape index (κ3) is 2.38. The number of carbonyl (C=O) groups is 1. The summed E-state index contributed by atoms with van der Waals surface area (Å²) in [7, 11) is 0. The van der Waals surface area contributed by atoms with Crippen molar-refractivity contribution in [1.82, 2.24) is 19.9 Å². The Kier molecular flexibility index (Phi) is 3.27. The molecule has 24 heavy (non-hydrogen) atoms. The van der Waals surface area contributed by atoms with Crippen molar-refractivity contribution in [2.45, 2.75) is 38.5 Å². The molecule has 0 atom stereocenters. The van der Waals surface area contributed by atoms with Crippen LogP contribution >= 0.6 is 15.9 Å². The maximum absolute atomic E-state index is 12.7. The Bertz CT molecular complexity index is 779. The van der Waals surface area contributed by atoms with Crippen molar-refractivity contribution in [3.8, 4) is 0 Å². The molecule has 126 valence electrons. The first-order valence-electron chi connectivity index (χ1n) is 8.87. The number of nitrogens with zero attached hydrogens (tertiary/aromatic N) is 3. The predicted molar refractivity (Wildman–Crippen MR) is 93.6 cm³/mol. The topological polar surface area (TPSA) is 59.3 Å². The number of hydrogen-bond acceptors (Lipinski definition) is 3. The van der Waals surface area contributed by atoms with E-state index in [1.54, 1.807) is 16.9 Å². The maximum Gasteiger partial charge on any atom is 0.256 e. The Balaban J connectivity index is 1.34. The number of rotatable bonds is 3. The third-order valence-electron chi connectivity index (χ3n) is 6.36. The first-order chi connectivity index (χ1) is 11.6. The summed E-state index contributed by atoms with van der Waals surface area (Å²) in [5.74, 6) is 2.67. The standard InChI is InChI=1S/C18H21BrN4O/c19-14-7-20-16-15(8-22-23(16)9-14)17(24)21-10-18-4-11-1-12(5-18)3-13(2-11)6-18/h7-9,11-13H,1-6,10H2,(H,21,24). The highest BCUT2D eigenvalue weighted by atomic mass is 79.9. The average Bonchev–Trinajstić information content (AvgIpc) is 2.94. The van der Waals surface area contributed by atoms with Gasteiger partial charge in [-0.1, -0.05) is 0 Å². The molecule has 6 rings (SSSR count). The largest absolute Gasteiger partial charge is 0.351 e. The molecule has 0 saturated heterocycles. The number of aromatic nitrogens is 3. The number of fused-ring (bicyclic) bond motifs is 1. The van der Waals surface area contributed by atoms with Gasteiger partial charge in [-0.15, -0.1) is 0 Å². The lowest BCUT2D eigenvalue weighted by molar-refractivity contribution is -0.0503.